The number of benzene rings is 2. The van der Waals surface area contributed by atoms with Crippen LogP contribution in [-0.2, 0) is 27.5 Å². The van der Waals surface area contributed by atoms with Crippen molar-refractivity contribution < 1.29 is 30.8 Å². The van der Waals surface area contributed by atoms with Crippen molar-refractivity contribution in [2.45, 2.75) is 70.6 Å². The summed E-state index contributed by atoms with van der Waals surface area (Å²) in [6.45, 7) is 10.5. The van der Waals surface area contributed by atoms with E-state index in [0.29, 0.717) is 25.7 Å². The molecule has 0 spiro atoms. The second kappa shape index (κ2) is 16.3. The van der Waals surface area contributed by atoms with Gasteiger partial charge in [-0.1, -0.05) is 46.8 Å². The molecule has 1 N–H and O–H groups in total. The number of aldehydes is 1. The minimum Gasteiger partial charge on any atom is -0.314 e. The van der Waals surface area contributed by atoms with Gasteiger partial charge in [-0.15, -0.1) is 0 Å². The van der Waals surface area contributed by atoms with Crippen LogP contribution in [0.2, 0.25) is 0 Å². The van der Waals surface area contributed by atoms with E-state index in [2.05, 4.69) is 10.3 Å². The molecule has 1 heterocycles. The maximum Gasteiger partial charge on any atom is 0.416 e. The van der Waals surface area contributed by atoms with Gasteiger partial charge in [0.15, 0.2) is 0 Å². The van der Waals surface area contributed by atoms with Crippen molar-refractivity contribution in [3.05, 3.63) is 83.9 Å². The molecule has 11 heteroatoms. The van der Waals surface area contributed by atoms with Crippen LogP contribution < -0.4 is 5.32 Å². The smallest absolute Gasteiger partial charge is 0.314 e. The monoisotopic (exact) mass is 597 g/mol. The zero-order valence-electron chi connectivity index (χ0n) is 24.3. The van der Waals surface area contributed by atoms with Crippen LogP contribution in [-0.4, -0.2) is 43.1 Å². The summed E-state index contributed by atoms with van der Waals surface area (Å²) in [5.41, 5.74) is 0.921. The third-order valence-corrected chi connectivity index (χ3v) is 7.96. The van der Waals surface area contributed by atoms with Crippen LogP contribution in [0.3, 0.4) is 0 Å². The lowest BCUT2D eigenvalue weighted by Crippen LogP contribution is -2.43. The molecular weight excluding hydrogens is 558 g/mol. The summed E-state index contributed by atoms with van der Waals surface area (Å²) in [7, 11) is -1.93. The number of aromatic nitrogens is 1. The third kappa shape index (κ3) is 9.72. The maximum absolute atomic E-state index is 12.8. The first kappa shape index (κ1) is 35.9. The molecule has 0 bridgehead atoms. The molecule has 0 radical (unpaired) electrons. The Hall–Kier alpha value is -3.15. The second-order valence-electron chi connectivity index (χ2n) is 8.49. The van der Waals surface area contributed by atoms with Gasteiger partial charge in [-0.05, 0) is 79.5 Å². The largest absolute Gasteiger partial charge is 0.416 e. The van der Waals surface area contributed by atoms with Crippen LogP contribution in [0.1, 0.15) is 58.7 Å². The fourth-order valence-electron chi connectivity index (χ4n) is 3.80. The molecule has 0 atom stereocenters. The molecule has 6 nitrogen and oxygen atoms in total. The van der Waals surface area contributed by atoms with Crippen molar-refractivity contribution in [3.63, 3.8) is 0 Å². The molecule has 0 unspecified atom stereocenters. The number of hydrogen-bond acceptors (Lipinski definition) is 5. The van der Waals surface area contributed by atoms with Gasteiger partial charge in [0.1, 0.15) is 12.1 Å². The van der Waals surface area contributed by atoms with Gasteiger partial charge in [-0.3, -0.25) is 4.98 Å². The Bertz CT molecular complexity index is 1310. The van der Waals surface area contributed by atoms with E-state index in [1.165, 1.54) is 28.6 Å². The summed E-state index contributed by atoms with van der Waals surface area (Å²) in [5, 5.41) is 2.98. The highest BCUT2D eigenvalue weighted by Crippen LogP contribution is 2.42. The highest BCUT2D eigenvalue weighted by atomic mass is 32.2. The fourth-order valence-corrected chi connectivity index (χ4v) is 5.58. The van der Waals surface area contributed by atoms with E-state index in [9.17, 15) is 30.8 Å². The van der Waals surface area contributed by atoms with E-state index >= 15 is 0 Å². The molecule has 1 saturated carbocycles. The van der Waals surface area contributed by atoms with Gasteiger partial charge in [-0.2, -0.15) is 17.5 Å². The minimum absolute atomic E-state index is 0.0128. The van der Waals surface area contributed by atoms with Gasteiger partial charge in [0.25, 0.3) is 0 Å². The average molecular weight is 598 g/mol. The molecule has 1 fully saturated rings. The van der Waals surface area contributed by atoms with Crippen molar-refractivity contribution in [1.82, 2.24) is 14.6 Å². The van der Waals surface area contributed by atoms with E-state index in [0.717, 1.165) is 41.1 Å². The Labute approximate surface area is 240 Å². The second-order valence-corrected chi connectivity index (χ2v) is 10.3. The summed E-state index contributed by atoms with van der Waals surface area (Å²) in [4.78, 5) is 15.2. The Balaban J connectivity index is 0.000000366. The van der Waals surface area contributed by atoms with Crippen molar-refractivity contribution in [2.24, 2.45) is 0 Å². The number of alkyl halides is 3. The van der Waals surface area contributed by atoms with Crippen molar-refractivity contribution in [1.29, 1.82) is 0 Å². The lowest BCUT2D eigenvalue weighted by atomic mass is 10.0. The van der Waals surface area contributed by atoms with Gasteiger partial charge in [0, 0.05) is 19.3 Å². The molecule has 1 aliphatic rings. The summed E-state index contributed by atoms with van der Waals surface area (Å²) in [6.07, 6.45) is -0.860. The van der Waals surface area contributed by atoms with E-state index < -0.39 is 33.1 Å². The topological polar surface area (TPSA) is 79.4 Å². The van der Waals surface area contributed by atoms with Crippen LogP contribution in [0.15, 0.2) is 71.8 Å². The number of rotatable bonds is 8. The minimum atomic E-state index is -4.30. The van der Waals surface area contributed by atoms with Crippen LogP contribution in [0.25, 0.3) is 11.1 Å². The van der Waals surface area contributed by atoms with E-state index in [-0.39, 0.29) is 11.4 Å². The Morgan fingerprint density at radius 1 is 0.951 bits per heavy atom. The molecule has 1 aromatic heterocycles. The van der Waals surface area contributed by atoms with Gasteiger partial charge >= 0.3 is 6.18 Å². The van der Waals surface area contributed by atoms with Gasteiger partial charge in [-0.25, -0.2) is 12.8 Å². The standard InChI is InChI=1S/C14H13F3N2.C12H14FNO3S.2C2H6/c1-18-9-13-8-11(6-7-19-13)10-2-4-12(5-3-10)14(15,16)17;1-2-14(12(9-15)7-8-12)18(16,17)11-5-3-10(13)4-6-11;2*1-2/h2-8,18H,9H2,1H3;3-6,9H,2,7-8H2,1H3;2*1-2H3. The van der Waals surface area contributed by atoms with Crippen LogP contribution in [0, 0.1) is 5.82 Å². The third-order valence-electron chi connectivity index (χ3n) is 5.89. The number of likely N-dealkylation sites (N-methyl/N-ethyl adjacent to an activating group) is 1. The van der Waals surface area contributed by atoms with Crippen molar-refractivity contribution in [3.8, 4) is 11.1 Å². The molecule has 4 rings (SSSR count). The average Bonchev–Trinajstić information content (AvgIpc) is 3.77. The number of nitrogens with one attached hydrogen (secondary N) is 1. The predicted molar refractivity (Wildman–Crippen MR) is 154 cm³/mol. The van der Waals surface area contributed by atoms with Gasteiger partial charge in [0.2, 0.25) is 10.0 Å². The van der Waals surface area contributed by atoms with E-state index in [1.807, 2.05) is 40.8 Å². The van der Waals surface area contributed by atoms with Crippen LogP contribution >= 0.6 is 0 Å². The molecule has 1 aliphatic carbocycles. The zero-order valence-corrected chi connectivity index (χ0v) is 25.1. The number of nitrogens with zero attached hydrogens (tertiary/aromatic N) is 2. The molecular formula is C30H39F4N3O3S. The molecule has 3 aromatic rings. The number of pyridine rings is 1. The van der Waals surface area contributed by atoms with E-state index in [1.54, 1.807) is 19.2 Å². The highest BCUT2D eigenvalue weighted by Gasteiger charge is 2.52. The van der Waals surface area contributed by atoms with Gasteiger partial charge in [0.05, 0.1) is 21.7 Å². The first-order chi connectivity index (χ1) is 19.5. The Morgan fingerprint density at radius 3 is 1.95 bits per heavy atom. The fraction of sp³-hybridized carbons (Fsp3) is 0.400. The van der Waals surface area contributed by atoms with Crippen molar-refractivity contribution in [2.75, 3.05) is 13.6 Å². The molecule has 0 amide bonds. The summed E-state index contributed by atoms with van der Waals surface area (Å²) in [5.74, 6) is -0.492. The Morgan fingerprint density at radius 2 is 1.51 bits per heavy atom. The number of carbonyl (C=O) groups is 1. The molecule has 226 valence electrons. The maximum atomic E-state index is 12.8. The highest BCUT2D eigenvalue weighted by molar-refractivity contribution is 7.89. The molecule has 0 saturated heterocycles. The Kier molecular flexibility index (Phi) is 14.3. The molecule has 2 aromatic carbocycles. The summed E-state index contributed by atoms with van der Waals surface area (Å²) >= 11 is 0. The van der Waals surface area contributed by atoms with Crippen molar-refractivity contribution >= 4 is 16.3 Å². The van der Waals surface area contributed by atoms with E-state index in [4.69, 9.17) is 0 Å². The normalized spacial score (nSPS) is 13.4. The molecule has 41 heavy (non-hydrogen) atoms. The lowest BCUT2D eigenvalue weighted by molar-refractivity contribution is -0.137. The number of carbonyl (C=O) groups excluding carboxylic acids is 1. The summed E-state index contributed by atoms with van der Waals surface area (Å²) in [6, 6.07) is 13.4. The first-order valence-corrected chi connectivity index (χ1v) is 14.9. The van der Waals surface area contributed by atoms with Crippen LogP contribution in [0.5, 0.6) is 0 Å². The quantitative estimate of drug-likeness (QED) is 0.221. The lowest BCUT2D eigenvalue weighted by Gasteiger charge is -2.25. The number of halogens is 4. The SMILES string of the molecule is CC.CC.CCN(C1(C=O)CC1)S(=O)(=O)c1ccc(F)cc1.CNCc1cc(-c2ccc(C(F)(F)F)cc2)ccn1. The summed E-state index contributed by atoms with van der Waals surface area (Å²) < 4.78 is 76.1. The number of hydrogen-bond donors (Lipinski definition) is 1. The van der Waals surface area contributed by atoms with Crippen LogP contribution in [0.4, 0.5) is 17.6 Å². The predicted octanol–water partition coefficient (Wildman–Crippen LogP) is 7.11. The molecule has 0 aliphatic heterocycles. The number of sulfonamides is 1. The first-order valence-electron chi connectivity index (χ1n) is 13.5. The zero-order chi connectivity index (χ0) is 31.3. The van der Waals surface area contributed by atoms with Gasteiger partial charge < -0.3 is 10.1 Å².